The fourth-order valence-electron chi connectivity index (χ4n) is 2.14. The molecule has 1 N–H and O–H groups in total. The van der Waals surface area contributed by atoms with Crippen LogP contribution < -0.4 is 5.32 Å². The second kappa shape index (κ2) is 5.71. The van der Waals surface area contributed by atoms with E-state index in [2.05, 4.69) is 12.2 Å². The van der Waals surface area contributed by atoms with Gasteiger partial charge >= 0.3 is 6.09 Å². The van der Waals surface area contributed by atoms with Crippen LogP contribution in [0.15, 0.2) is 0 Å². The number of hydrogen-bond acceptors (Lipinski definition) is 3. The number of nitrogens with one attached hydrogen (secondary N) is 1. The first-order valence-electron chi connectivity index (χ1n) is 6.47. The van der Waals surface area contributed by atoms with Gasteiger partial charge in [-0.1, -0.05) is 0 Å². The first-order valence-corrected chi connectivity index (χ1v) is 6.47. The summed E-state index contributed by atoms with van der Waals surface area (Å²) in [5.41, 5.74) is -0.395. The molecule has 1 amide bonds. The standard InChI is InChI=1S/C13H26N2O2/c1-10(14-5)8-11-6-7-15(9-11)12(16)17-13(2,3)4/h10-11,14H,6-9H2,1-5H3. The van der Waals surface area contributed by atoms with E-state index in [1.165, 1.54) is 0 Å². The van der Waals surface area contributed by atoms with Crippen molar-refractivity contribution in [3.05, 3.63) is 0 Å². The Labute approximate surface area is 105 Å². The van der Waals surface area contributed by atoms with Crippen molar-refractivity contribution in [1.82, 2.24) is 10.2 Å². The van der Waals surface area contributed by atoms with Gasteiger partial charge in [0.05, 0.1) is 0 Å². The Bertz CT molecular complexity index is 261. The molecule has 1 rings (SSSR count). The summed E-state index contributed by atoms with van der Waals surface area (Å²) >= 11 is 0. The maximum absolute atomic E-state index is 11.8. The summed E-state index contributed by atoms with van der Waals surface area (Å²) in [7, 11) is 1.98. The quantitative estimate of drug-likeness (QED) is 0.825. The third-order valence-electron chi connectivity index (χ3n) is 3.12. The van der Waals surface area contributed by atoms with E-state index in [4.69, 9.17) is 4.74 Å². The molecule has 2 unspecified atom stereocenters. The first-order chi connectivity index (χ1) is 7.81. The van der Waals surface area contributed by atoms with Crippen molar-refractivity contribution >= 4 is 6.09 Å². The summed E-state index contributed by atoms with van der Waals surface area (Å²) < 4.78 is 5.37. The van der Waals surface area contributed by atoms with E-state index in [1.54, 1.807) is 0 Å². The van der Waals surface area contributed by atoms with Crippen LogP contribution >= 0.6 is 0 Å². The number of hydrogen-bond donors (Lipinski definition) is 1. The minimum Gasteiger partial charge on any atom is -0.444 e. The zero-order valence-electron chi connectivity index (χ0n) is 11.7. The molecule has 2 atom stereocenters. The molecule has 0 spiro atoms. The molecule has 4 nitrogen and oxygen atoms in total. The van der Waals surface area contributed by atoms with Gasteiger partial charge in [-0.2, -0.15) is 0 Å². The third kappa shape index (κ3) is 4.94. The number of amides is 1. The summed E-state index contributed by atoms with van der Waals surface area (Å²) in [4.78, 5) is 13.7. The summed E-state index contributed by atoms with van der Waals surface area (Å²) in [5.74, 6) is 0.602. The van der Waals surface area contributed by atoms with Crippen molar-refractivity contribution in [2.75, 3.05) is 20.1 Å². The van der Waals surface area contributed by atoms with Gasteiger partial charge in [0.25, 0.3) is 0 Å². The van der Waals surface area contributed by atoms with Gasteiger partial charge in [-0.3, -0.25) is 0 Å². The van der Waals surface area contributed by atoms with Crippen molar-refractivity contribution in [1.29, 1.82) is 0 Å². The van der Waals surface area contributed by atoms with Gasteiger partial charge in [-0.15, -0.1) is 0 Å². The lowest BCUT2D eigenvalue weighted by Gasteiger charge is -2.24. The van der Waals surface area contributed by atoms with Gasteiger partial charge in [-0.25, -0.2) is 4.79 Å². The topological polar surface area (TPSA) is 41.6 Å². The molecule has 0 bridgehead atoms. The minimum absolute atomic E-state index is 0.169. The van der Waals surface area contributed by atoms with E-state index in [1.807, 2.05) is 32.7 Å². The Morgan fingerprint density at radius 3 is 2.71 bits per heavy atom. The zero-order valence-corrected chi connectivity index (χ0v) is 11.7. The van der Waals surface area contributed by atoms with Crippen LogP contribution in [0.1, 0.15) is 40.5 Å². The van der Waals surface area contributed by atoms with Crippen LogP contribution in [0.25, 0.3) is 0 Å². The molecule has 1 heterocycles. The van der Waals surface area contributed by atoms with E-state index in [0.29, 0.717) is 12.0 Å². The van der Waals surface area contributed by atoms with Crippen molar-refractivity contribution in [2.45, 2.75) is 52.2 Å². The molecular weight excluding hydrogens is 216 g/mol. The lowest BCUT2D eigenvalue weighted by Crippen LogP contribution is -2.35. The van der Waals surface area contributed by atoms with E-state index in [9.17, 15) is 4.79 Å². The summed E-state index contributed by atoms with van der Waals surface area (Å²) in [6.45, 7) is 9.55. The van der Waals surface area contributed by atoms with Crippen LogP contribution in [0.3, 0.4) is 0 Å². The SMILES string of the molecule is CNC(C)CC1CCN(C(=O)OC(C)(C)C)C1. The smallest absolute Gasteiger partial charge is 0.410 e. The van der Waals surface area contributed by atoms with Crippen molar-refractivity contribution in [3.63, 3.8) is 0 Å². The summed E-state index contributed by atoms with van der Waals surface area (Å²) in [5, 5.41) is 3.24. The predicted octanol–water partition coefficient (Wildman–Crippen LogP) is 2.24. The molecule has 4 heteroatoms. The lowest BCUT2D eigenvalue weighted by atomic mass is 10.0. The molecule has 1 fully saturated rings. The second-order valence-corrected chi connectivity index (χ2v) is 6.01. The molecule has 0 radical (unpaired) electrons. The highest BCUT2D eigenvalue weighted by atomic mass is 16.6. The Balaban J connectivity index is 2.37. The molecule has 0 aromatic heterocycles. The monoisotopic (exact) mass is 242 g/mol. The normalized spacial score (nSPS) is 22.6. The number of carbonyl (C=O) groups excluding carboxylic acids is 1. The number of rotatable bonds is 3. The van der Waals surface area contributed by atoms with Gasteiger partial charge < -0.3 is 15.0 Å². The van der Waals surface area contributed by atoms with Gasteiger partial charge in [0.2, 0.25) is 0 Å². The maximum atomic E-state index is 11.8. The number of likely N-dealkylation sites (tertiary alicyclic amines) is 1. The number of carbonyl (C=O) groups is 1. The van der Waals surface area contributed by atoms with Crippen LogP contribution in [-0.2, 0) is 4.74 Å². The lowest BCUT2D eigenvalue weighted by molar-refractivity contribution is 0.0287. The van der Waals surface area contributed by atoms with Crippen LogP contribution in [0.5, 0.6) is 0 Å². The highest BCUT2D eigenvalue weighted by molar-refractivity contribution is 5.68. The minimum atomic E-state index is -0.395. The van der Waals surface area contributed by atoms with Crippen LogP contribution in [0, 0.1) is 5.92 Å². The Morgan fingerprint density at radius 1 is 1.53 bits per heavy atom. The molecule has 100 valence electrons. The molecule has 0 aromatic rings. The number of ether oxygens (including phenoxy) is 1. The fraction of sp³-hybridized carbons (Fsp3) is 0.923. The zero-order chi connectivity index (χ0) is 13.1. The van der Waals surface area contributed by atoms with Gasteiger partial charge in [0.1, 0.15) is 5.60 Å². The first kappa shape index (κ1) is 14.3. The Hall–Kier alpha value is -0.770. The molecule has 17 heavy (non-hydrogen) atoms. The molecule has 0 aliphatic carbocycles. The highest BCUT2D eigenvalue weighted by Gasteiger charge is 2.30. The molecule has 1 aliphatic rings. The average Bonchev–Trinajstić information content (AvgIpc) is 2.63. The van der Waals surface area contributed by atoms with Crippen molar-refractivity contribution < 1.29 is 9.53 Å². The van der Waals surface area contributed by atoms with Crippen LogP contribution in [0.2, 0.25) is 0 Å². The molecular formula is C13H26N2O2. The second-order valence-electron chi connectivity index (χ2n) is 6.01. The largest absolute Gasteiger partial charge is 0.444 e. The van der Waals surface area contributed by atoms with E-state index in [0.717, 1.165) is 25.9 Å². The van der Waals surface area contributed by atoms with E-state index < -0.39 is 5.60 Å². The molecule has 1 aliphatic heterocycles. The fourth-order valence-corrected chi connectivity index (χ4v) is 2.14. The Kier molecular flexibility index (Phi) is 4.80. The number of nitrogens with zero attached hydrogens (tertiary/aromatic N) is 1. The van der Waals surface area contributed by atoms with Gasteiger partial charge in [0.15, 0.2) is 0 Å². The van der Waals surface area contributed by atoms with E-state index >= 15 is 0 Å². The maximum Gasteiger partial charge on any atom is 0.410 e. The van der Waals surface area contributed by atoms with Gasteiger partial charge in [-0.05, 0) is 53.5 Å². The Morgan fingerprint density at radius 2 is 2.18 bits per heavy atom. The average molecular weight is 242 g/mol. The van der Waals surface area contributed by atoms with Crippen molar-refractivity contribution in [2.24, 2.45) is 5.92 Å². The van der Waals surface area contributed by atoms with Gasteiger partial charge in [0, 0.05) is 19.1 Å². The summed E-state index contributed by atoms with van der Waals surface area (Å²) in [6.07, 6.45) is 2.04. The van der Waals surface area contributed by atoms with Crippen LogP contribution in [-0.4, -0.2) is 42.8 Å². The van der Waals surface area contributed by atoms with Crippen molar-refractivity contribution in [3.8, 4) is 0 Å². The highest BCUT2D eigenvalue weighted by Crippen LogP contribution is 2.22. The molecule has 0 saturated carbocycles. The van der Waals surface area contributed by atoms with E-state index in [-0.39, 0.29) is 6.09 Å². The predicted molar refractivity (Wildman–Crippen MR) is 69.1 cm³/mol. The molecule has 1 saturated heterocycles. The third-order valence-corrected chi connectivity index (χ3v) is 3.12. The molecule has 0 aromatic carbocycles. The summed E-state index contributed by atoms with van der Waals surface area (Å²) in [6, 6.07) is 0.513. The van der Waals surface area contributed by atoms with Crippen LogP contribution in [0.4, 0.5) is 4.79 Å².